The Morgan fingerprint density at radius 1 is 0.789 bits per heavy atom. The Labute approximate surface area is 119 Å². The molecule has 2 N–H and O–H groups in total. The van der Waals surface area contributed by atoms with Crippen LogP contribution in [0.5, 0.6) is 0 Å². The topological polar surface area (TPSA) is 60.4 Å². The molecule has 1 atom stereocenters. The Morgan fingerprint density at radius 2 is 1.32 bits per heavy atom. The number of hydrogen-bond donors (Lipinski definition) is 2. The molecule has 0 aromatic rings. The molecule has 0 amide bonds. The third-order valence-electron chi connectivity index (χ3n) is 3.80. The van der Waals surface area contributed by atoms with E-state index in [1.165, 1.54) is 38.5 Å². The summed E-state index contributed by atoms with van der Waals surface area (Å²) in [5, 5.41) is 29.7. The van der Waals surface area contributed by atoms with Crippen molar-refractivity contribution in [2.75, 3.05) is 13.2 Å². The molecule has 0 spiro atoms. The van der Waals surface area contributed by atoms with E-state index in [-0.39, 0.29) is 19.1 Å². The minimum atomic E-state index is -0.515. The van der Waals surface area contributed by atoms with Crippen LogP contribution in [0.25, 0.3) is 0 Å². The second-order valence-corrected chi connectivity index (χ2v) is 5.66. The van der Waals surface area contributed by atoms with Crippen LogP contribution in [-0.4, -0.2) is 29.5 Å². The number of rotatable bonds is 14. The lowest BCUT2D eigenvalue weighted by atomic mass is 9.93. The van der Waals surface area contributed by atoms with Crippen molar-refractivity contribution in [2.24, 2.45) is 5.92 Å². The van der Waals surface area contributed by atoms with Crippen LogP contribution in [-0.2, 0) is 5.11 Å². The van der Waals surface area contributed by atoms with Crippen LogP contribution in [0, 0.1) is 5.92 Å². The molecule has 115 valence electrons. The average molecular weight is 273 g/mol. The average Bonchev–Trinajstić information content (AvgIpc) is 2.38. The van der Waals surface area contributed by atoms with Crippen LogP contribution in [0.3, 0.4) is 0 Å². The van der Waals surface area contributed by atoms with Crippen LogP contribution in [0.1, 0.15) is 77.6 Å². The largest absolute Gasteiger partial charge is 0.396 e. The summed E-state index contributed by atoms with van der Waals surface area (Å²) in [6.45, 7) is 2.46. The lowest BCUT2D eigenvalue weighted by Gasteiger charge is -2.17. The summed E-state index contributed by atoms with van der Waals surface area (Å²) in [7, 11) is 0. The molecule has 1 radical (unpaired) electrons. The fourth-order valence-electron chi connectivity index (χ4n) is 2.56. The molecular weight excluding hydrogens is 240 g/mol. The van der Waals surface area contributed by atoms with E-state index < -0.39 is 6.10 Å². The molecule has 0 fully saturated rings. The molecule has 0 aliphatic carbocycles. The smallest absolute Gasteiger partial charge is 0.0932 e. The van der Waals surface area contributed by atoms with E-state index in [2.05, 4.69) is 6.92 Å². The molecule has 3 heteroatoms. The summed E-state index contributed by atoms with van der Waals surface area (Å²) in [5.74, 6) is 0.196. The Hall–Kier alpha value is -0.120. The summed E-state index contributed by atoms with van der Waals surface area (Å²) in [4.78, 5) is 0. The zero-order valence-corrected chi connectivity index (χ0v) is 12.6. The van der Waals surface area contributed by atoms with Gasteiger partial charge in [-0.25, -0.2) is 5.11 Å². The maximum absolute atomic E-state index is 11.9. The van der Waals surface area contributed by atoms with Gasteiger partial charge in [-0.05, 0) is 31.6 Å². The maximum atomic E-state index is 11.9. The SMILES string of the molecule is CCCCCCCCCC([O])CC(CCO)CCO. The highest BCUT2D eigenvalue weighted by Crippen LogP contribution is 2.19. The lowest BCUT2D eigenvalue weighted by molar-refractivity contribution is 0.0481. The monoisotopic (exact) mass is 273 g/mol. The summed E-state index contributed by atoms with van der Waals surface area (Å²) < 4.78 is 0. The van der Waals surface area contributed by atoms with Gasteiger partial charge in [-0.1, -0.05) is 51.9 Å². The van der Waals surface area contributed by atoms with E-state index in [9.17, 15) is 5.11 Å². The predicted octanol–water partition coefficient (Wildman–Crippen LogP) is 3.70. The second kappa shape index (κ2) is 14.3. The molecule has 0 bridgehead atoms. The molecule has 3 nitrogen and oxygen atoms in total. The first-order chi connectivity index (χ1) is 9.24. The van der Waals surface area contributed by atoms with Gasteiger partial charge < -0.3 is 10.2 Å². The van der Waals surface area contributed by atoms with Gasteiger partial charge >= 0.3 is 0 Å². The first kappa shape index (κ1) is 18.9. The molecule has 0 aromatic carbocycles. The van der Waals surface area contributed by atoms with E-state index in [0.717, 1.165) is 12.8 Å². The van der Waals surface area contributed by atoms with Gasteiger partial charge in [-0.2, -0.15) is 0 Å². The van der Waals surface area contributed by atoms with Crippen molar-refractivity contribution in [3.05, 3.63) is 0 Å². The van der Waals surface area contributed by atoms with Gasteiger partial charge in [0, 0.05) is 13.2 Å². The quantitative estimate of drug-likeness (QED) is 0.474. The van der Waals surface area contributed by atoms with Gasteiger partial charge in [0.05, 0.1) is 6.10 Å². The van der Waals surface area contributed by atoms with Crippen LogP contribution in [0.4, 0.5) is 0 Å². The van der Waals surface area contributed by atoms with E-state index >= 15 is 0 Å². The number of aliphatic hydroxyl groups excluding tert-OH is 2. The summed E-state index contributed by atoms with van der Waals surface area (Å²) in [6.07, 6.45) is 10.8. The van der Waals surface area contributed by atoms with Crippen molar-refractivity contribution in [3.8, 4) is 0 Å². The van der Waals surface area contributed by atoms with Crippen molar-refractivity contribution in [1.82, 2.24) is 0 Å². The van der Waals surface area contributed by atoms with E-state index in [4.69, 9.17) is 10.2 Å². The molecule has 0 aromatic heterocycles. The third-order valence-corrected chi connectivity index (χ3v) is 3.80. The highest BCUT2D eigenvalue weighted by molar-refractivity contribution is 4.65. The van der Waals surface area contributed by atoms with E-state index in [1.54, 1.807) is 0 Å². The van der Waals surface area contributed by atoms with Gasteiger partial charge in [0.15, 0.2) is 0 Å². The van der Waals surface area contributed by atoms with Gasteiger partial charge in [-0.15, -0.1) is 0 Å². The summed E-state index contributed by atoms with van der Waals surface area (Å²) in [5.41, 5.74) is 0. The molecule has 0 saturated heterocycles. The fraction of sp³-hybridized carbons (Fsp3) is 1.00. The highest BCUT2D eigenvalue weighted by atomic mass is 16.3. The van der Waals surface area contributed by atoms with Crippen molar-refractivity contribution in [3.63, 3.8) is 0 Å². The van der Waals surface area contributed by atoms with E-state index in [1.807, 2.05) is 0 Å². The van der Waals surface area contributed by atoms with Crippen molar-refractivity contribution >= 4 is 0 Å². The standard InChI is InChI=1S/C16H33O3/c1-2-3-4-5-6-7-8-9-16(19)14-15(10-12-17)11-13-18/h15-18H,2-14H2,1H3. The van der Waals surface area contributed by atoms with E-state index in [0.29, 0.717) is 19.3 Å². The van der Waals surface area contributed by atoms with Gasteiger partial charge in [0.25, 0.3) is 0 Å². The molecule has 19 heavy (non-hydrogen) atoms. The van der Waals surface area contributed by atoms with Crippen molar-refractivity contribution in [1.29, 1.82) is 0 Å². The minimum Gasteiger partial charge on any atom is -0.396 e. The molecule has 0 aliphatic rings. The fourth-order valence-corrected chi connectivity index (χ4v) is 2.56. The Bertz CT molecular complexity index is 167. The second-order valence-electron chi connectivity index (χ2n) is 5.66. The van der Waals surface area contributed by atoms with Gasteiger partial charge in [0.2, 0.25) is 0 Å². The van der Waals surface area contributed by atoms with Crippen LogP contribution < -0.4 is 0 Å². The zero-order chi connectivity index (χ0) is 14.3. The number of aliphatic hydroxyl groups is 2. The first-order valence-electron chi connectivity index (χ1n) is 8.12. The predicted molar refractivity (Wildman–Crippen MR) is 78.6 cm³/mol. The summed E-state index contributed by atoms with van der Waals surface area (Å²) >= 11 is 0. The van der Waals surface area contributed by atoms with Crippen LogP contribution >= 0.6 is 0 Å². The molecule has 0 rings (SSSR count). The molecule has 0 aliphatic heterocycles. The summed E-state index contributed by atoms with van der Waals surface area (Å²) in [6, 6.07) is 0. The molecule has 1 unspecified atom stereocenters. The van der Waals surface area contributed by atoms with Crippen LogP contribution in [0.15, 0.2) is 0 Å². The highest BCUT2D eigenvalue weighted by Gasteiger charge is 2.14. The Balaban J connectivity index is 3.48. The Kier molecular flexibility index (Phi) is 14.2. The van der Waals surface area contributed by atoms with Crippen molar-refractivity contribution in [2.45, 2.75) is 83.7 Å². The number of unbranched alkanes of at least 4 members (excludes halogenated alkanes) is 6. The minimum absolute atomic E-state index is 0.120. The molecular formula is C16H33O3. The number of hydrogen-bond acceptors (Lipinski definition) is 2. The van der Waals surface area contributed by atoms with Gasteiger partial charge in [-0.3, -0.25) is 0 Å². The lowest BCUT2D eigenvalue weighted by Crippen LogP contribution is -2.15. The first-order valence-corrected chi connectivity index (χ1v) is 8.12. The molecule has 0 saturated carbocycles. The third kappa shape index (κ3) is 12.6. The van der Waals surface area contributed by atoms with Crippen LogP contribution in [0.2, 0.25) is 0 Å². The van der Waals surface area contributed by atoms with Crippen molar-refractivity contribution < 1.29 is 15.3 Å². The normalized spacial score (nSPS) is 13.1. The maximum Gasteiger partial charge on any atom is 0.0932 e. The Morgan fingerprint density at radius 3 is 1.84 bits per heavy atom. The zero-order valence-electron chi connectivity index (χ0n) is 12.6. The molecule has 0 heterocycles. The van der Waals surface area contributed by atoms with Gasteiger partial charge in [0.1, 0.15) is 0 Å².